The second-order valence-corrected chi connectivity index (χ2v) is 7.47. The second kappa shape index (κ2) is 10.0. The quantitative estimate of drug-likeness (QED) is 0.398. The summed E-state index contributed by atoms with van der Waals surface area (Å²) in [5.41, 5.74) is -0.489. The molecule has 0 aromatic heterocycles. The molecular formula is C15H14Br3NO8. The Kier molecular flexibility index (Phi) is 8.69. The summed E-state index contributed by atoms with van der Waals surface area (Å²) < 4.78 is 9.88. The summed E-state index contributed by atoms with van der Waals surface area (Å²) in [6.45, 7) is 2.06. The van der Waals surface area contributed by atoms with Gasteiger partial charge in [-0.15, -0.1) is 0 Å². The number of ether oxygens (including phenoxy) is 2. The highest BCUT2D eigenvalue weighted by atomic mass is 79.9. The molecule has 3 N–H and O–H groups in total. The van der Waals surface area contributed by atoms with Gasteiger partial charge in [0, 0.05) is 18.3 Å². The fourth-order valence-electron chi connectivity index (χ4n) is 1.99. The third kappa shape index (κ3) is 6.18. The van der Waals surface area contributed by atoms with Gasteiger partial charge in [0.2, 0.25) is 0 Å². The maximum Gasteiger partial charge on any atom is 0.338 e. The van der Waals surface area contributed by atoms with E-state index in [1.54, 1.807) is 0 Å². The lowest BCUT2D eigenvalue weighted by Crippen LogP contribution is -2.31. The van der Waals surface area contributed by atoms with Crippen LogP contribution < -0.4 is 5.32 Å². The third-order valence-electron chi connectivity index (χ3n) is 3.06. The van der Waals surface area contributed by atoms with Gasteiger partial charge in [0.1, 0.15) is 6.61 Å². The molecule has 9 nitrogen and oxygen atoms in total. The van der Waals surface area contributed by atoms with Crippen LogP contribution in [0.25, 0.3) is 0 Å². The Balaban J connectivity index is 3.27. The first kappa shape index (κ1) is 23.4. The first-order valence-electron chi connectivity index (χ1n) is 7.18. The number of rotatable bonds is 8. The summed E-state index contributed by atoms with van der Waals surface area (Å²) >= 11 is 9.28. The molecule has 0 aliphatic rings. The van der Waals surface area contributed by atoms with Crippen molar-refractivity contribution in [1.82, 2.24) is 0 Å². The van der Waals surface area contributed by atoms with Crippen molar-refractivity contribution in [2.24, 2.45) is 0 Å². The van der Waals surface area contributed by atoms with Crippen LogP contribution in [-0.4, -0.2) is 53.3 Å². The monoisotopic (exact) mass is 573 g/mol. The van der Waals surface area contributed by atoms with Crippen LogP contribution >= 0.6 is 47.8 Å². The van der Waals surface area contributed by atoms with Crippen molar-refractivity contribution >= 4 is 77.4 Å². The molecule has 0 heterocycles. The van der Waals surface area contributed by atoms with Crippen molar-refractivity contribution in [2.75, 3.05) is 18.5 Å². The maximum absolute atomic E-state index is 11.5. The number of hydrogen-bond donors (Lipinski definition) is 3. The molecule has 0 aliphatic heterocycles. The van der Waals surface area contributed by atoms with Crippen molar-refractivity contribution in [3.05, 3.63) is 24.5 Å². The molecule has 1 aromatic carbocycles. The van der Waals surface area contributed by atoms with Crippen LogP contribution in [0.15, 0.2) is 13.4 Å². The Morgan fingerprint density at radius 3 is 1.78 bits per heavy atom. The van der Waals surface area contributed by atoms with Crippen molar-refractivity contribution in [3.8, 4) is 0 Å². The number of esters is 2. The number of carboxylic acids is 2. The number of aromatic carboxylic acids is 2. The molecule has 0 bridgehead atoms. The molecule has 1 unspecified atom stereocenters. The van der Waals surface area contributed by atoms with Crippen molar-refractivity contribution in [2.45, 2.75) is 20.0 Å². The van der Waals surface area contributed by atoms with E-state index >= 15 is 0 Å². The van der Waals surface area contributed by atoms with E-state index in [1.165, 1.54) is 13.8 Å². The van der Waals surface area contributed by atoms with E-state index in [1.807, 2.05) is 0 Å². The van der Waals surface area contributed by atoms with Crippen LogP contribution in [0, 0.1) is 0 Å². The van der Waals surface area contributed by atoms with Crippen LogP contribution in [0.4, 0.5) is 5.69 Å². The molecule has 1 rings (SSSR count). The van der Waals surface area contributed by atoms with Gasteiger partial charge in [-0.25, -0.2) is 9.59 Å². The Hall–Kier alpha value is -1.66. The zero-order chi connectivity index (χ0) is 20.9. The SMILES string of the molecule is CC(=O)OCC(CNc1c(Br)c(C(=O)O)c(Br)c(C(=O)O)c1Br)OC(C)=O. The number of hydrogen-bond acceptors (Lipinski definition) is 7. The molecule has 1 aromatic rings. The predicted molar refractivity (Wildman–Crippen MR) is 104 cm³/mol. The lowest BCUT2D eigenvalue weighted by Gasteiger charge is -2.21. The normalized spacial score (nSPS) is 11.4. The summed E-state index contributed by atoms with van der Waals surface area (Å²) in [5.74, 6) is -3.90. The van der Waals surface area contributed by atoms with Gasteiger partial charge in [0.05, 0.1) is 32.3 Å². The lowest BCUT2D eigenvalue weighted by molar-refractivity contribution is -0.155. The number of halogens is 3. The van der Waals surface area contributed by atoms with Gasteiger partial charge in [0.25, 0.3) is 0 Å². The molecular weight excluding hydrogens is 562 g/mol. The van der Waals surface area contributed by atoms with Gasteiger partial charge in [-0.05, 0) is 47.8 Å². The van der Waals surface area contributed by atoms with Gasteiger partial charge < -0.3 is 25.0 Å². The Labute approximate surface area is 178 Å². The van der Waals surface area contributed by atoms with Crippen LogP contribution in [0.2, 0.25) is 0 Å². The zero-order valence-electron chi connectivity index (χ0n) is 14.0. The zero-order valence-corrected chi connectivity index (χ0v) is 18.7. The molecule has 0 fully saturated rings. The van der Waals surface area contributed by atoms with E-state index in [9.17, 15) is 29.4 Å². The van der Waals surface area contributed by atoms with Crippen molar-refractivity contribution in [1.29, 1.82) is 0 Å². The smallest absolute Gasteiger partial charge is 0.338 e. The van der Waals surface area contributed by atoms with E-state index < -0.39 is 30.0 Å². The topological polar surface area (TPSA) is 139 Å². The number of benzene rings is 1. The fourth-order valence-corrected chi connectivity index (χ4v) is 4.94. The largest absolute Gasteiger partial charge is 0.478 e. The molecule has 12 heteroatoms. The molecule has 1 atom stereocenters. The second-order valence-electron chi connectivity index (χ2n) is 5.09. The minimum Gasteiger partial charge on any atom is -0.478 e. The van der Waals surface area contributed by atoms with Crippen LogP contribution in [0.5, 0.6) is 0 Å². The molecule has 0 radical (unpaired) electrons. The van der Waals surface area contributed by atoms with Gasteiger partial charge in [-0.3, -0.25) is 9.59 Å². The summed E-state index contributed by atoms with van der Waals surface area (Å²) in [6, 6.07) is 0. The highest BCUT2D eigenvalue weighted by molar-refractivity contribution is 9.11. The molecule has 148 valence electrons. The van der Waals surface area contributed by atoms with E-state index in [0.29, 0.717) is 0 Å². The average Bonchev–Trinajstić information content (AvgIpc) is 2.50. The fraction of sp³-hybridized carbons (Fsp3) is 0.333. The first-order valence-corrected chi connectivity index (χ1v) is 9.56. The van der Waals surface area contributed by atoms with Gasteiger partial charge in [0.15, 0.2) is 6.10 Å². The molecule has 0 saturated carbocycles. The number of carboxylic acid groups (broad SMARTS) is 2. The summed E-state index contributed by atoms with van der Waals surface area (Å²) in [6.07, 6.45) is -0.879. The minimum atomic E-state index is -1.36. The lowest BCUT2D eigenvalue weighted by atomic mass is 10.1. The Bertz CT molecular complexity index is 755. The minimum absolute atomic E-state index is 0.0767. The van der Waals surface area contributed by atoms with Gasteiger partial charge in [-0.2, -0.15) is 0 Å². The van der Waals surface area contributed by atoms with Crippen LogP contribution in [0.1, 0.15) is 34.6 Å². The predicted octanol–water partition coefficient (Wildman–Crippen LogP) is 3.28. The summed E-state index contributed by atoms with van der Waals surface area (Å²) in [4.78, 5) is 45.2. The highest BCUT2D eigenvalue weighted by Crippen LogP contribution is 2.42. The van der Waals surface area contributed by atoms with Crippen molar-refractivity contribution in [3.63, 3.8) is 0 Å². The summed E-state index contributed by atoms with van der Waals surface area (Å²) in [7, 11) is 0. The maximum atomic E-state index is 11.5. The van der Waals surface area contributed by atoms with Crippen molar-refractivity contribution < 1.29 is 38.9 Å². The van der Waals surface area contributed by atoms with E-state index in [2.05, 4.69) is 53.1 Å². The number of carbonyl (C=O) groups excluding carboxylic acids is 2. The van der Waals surface area contributed by atoms with Crippen LogP contribution in [0.3, 0.4) is 0 Å². The van der Waals surface area contributed by atoms with E-state index in [-0.39, 0.29) is 43.4 Å². The molecule has 27 heavy (non-hydrogen) atoms. The van der Waals surface area contributed by atoms with Crippen LogP contribution in [-0.2, 0) is 19.1 Å². The van der Waals surface area contributed by atoms with E-state index in [0.717, 1.165) is 0 Å². The molecule has 0 spiro atoms. The Morgan fingerprint density at radius 1 is 0.926 bits per heavy atom. The molecule has 0 aliphatic carbocycles. The molecule has 0 saturated heterocycles. The first-order chi connectivity index (χ1) is 12.5. The average molecular weight is 576 g/mol. The Morgan fingerprint density at radius 2 is 1.41 bits per heavy atom. The van der Waals surface area contributed by atoms with E-state index in [4.69, 9.17) is 9.47 Å². The molecule has 0 amide bonds. The number of anilines is 1. The standard InChI is InChI=1S/C15H14Br3NO8/c1-5(20)26-4-7(27-6(2)21)3-19-13-11(17)8(14(22)23)10(16)9(12(13)18)15(24)25/h7,19H,3-4H2,1-2H3,(H,22,23)(H,24,25). The number of nitrogens with one attached hydrogen (secondary N) is 1. The number of carbonyl (C=O) groups is 4. The van der Waals surface area contributed by atoms with Gasteiger partial charge >= 0.3 is 23.9 Å². The highest BCUT2D eigenvalue weighted by Gasteiger charge is 2.28. The van der Waals surface area contributed by atoms with Gasteiger partial charge in [-0.1, -0.05) is 0 Å². The summed E-state index contributed by atoms with van der Waals surface area (Å²) in [5, 5.41) is 21.6. The third-order valence-corrected chi connectivity index (χ3v) is 5.44.